The quantitative estimate of drug-likeness (QED) is 0.397. The Bertz CT molecular complexity index is 272. The van der Waals surface area contributed by atoms with Crippen molar-refractivity contribution in [1.29, 1.82) is 0 Å². The predicted molar refractivity (Wildman–Crippen MR) is 45.1 cm³/mol. The summed E-state index contributed by atoms with van der Waals surface area (Å²) >= 11 is 0. The number of carbonyl (C=O) groups excluding carboxylic acids is 1. The molecule has 4 nitrogen and oxygen atoms in total. The van der Waals surface area contributed by atoms with Gasteiger partial charge in [0.15, 0.2) is 0 Å². The second kappa shape index (κ2) is 5.09. The standard InChI is InChI=1S/C7H12O4S/c1-7(6-8)4-2-3-5-12(9,10)11/h2-5H2,1H3,(H,9,10,11). The van der Waals surface area contributed by atoms with E-state index in [-0.39, 0.29) is 5.75 Å². The molecular formula is C7H12O4S. The molecule has 5 heteroatoms. The van der Waals surface area contributed by atoms with Crippen molar-refractivity contribution in [2.45, 2.75) is 26.2 Å². The summed E-state index contributed by atoms with van der Waals surface area (Å²) in [5, 5.41) is 0. The molecule has 0 aliphatic carbocycles. The van der Waals surface area contributed by atoms with Gasteiger partial charge in [-0.05, 0) is 26.2 Å². The van der Waals surface area contributed by atoms with Crippen LogP contribution in [0.3, 0.4) is 0 Å². The molecule has 0 radical (unpaired) electrons. The Morgan fingerprint density at radius 1 is 1.42 bits per heavy atom. The lowest BCUT2D eigenvalue weighted by molar-refractivity contribution is 0.480. The minimum atomic E-state index is -3.84. The molecule has 0 bridgehead atoms. The molecule has 0 amide bonds. The molecule has 12 heavy (non-hydrogen) atoms. The summed E-state index contributed by atoms with van der Waals surface area (Å²) in [6.45, 7) is 1.64. The Morgan fingerprint density at radius 3 is 2.42 bits per heavy atom. The van der Waals surface area contributed by atoms with Crippen molar-refractivity contribution >= 4 is 16.1 Å². The molecule has 0 aliphatic heterocycles. The highest BCUT2D eigenvalue weighted by Gasteiger charge is 2.03. The van der Waals surface area contributed by atoms with Crippen molar-refractivity contribution in [3.63, 3.8) is 0 Å². The molecule has 0 aromatic rings. The van der Waals surface area contributed by atoms with E-state index in [0.717, 1.165) is 0 Å². The maximum Gasteiger partial charge on any atom is 0.264 e. The van der Waals surface area contributed by atoms with Crippen LogP contribution < -0.4 is 0 Å². The first-order chi connectivity index (χ1) is 5.45. The van der Waals surface area contributed by atoms with E-state index in [1.54, 1.807) is 12.9 Å². The van der Waals surface area contributed by atoms with Crippen molar-refractivity contribution in [2.75, 3.05) is 5.75 Å². The molecule has 70 valence electrons. The molecule has 0 atom stereocenters. The minimum Gasteiger partial charge on any atom is -0.286 e. The zero-order chi connectivity index (χ0) is 9.61. The first-order valence-electron chi connectivity index (χ1n) is 3.61. The normalized spacial score (nSPS) is 10.8. The van der Waals surface area contributed by atoms with Gasteiger partial charge < -0.3 is 0 Å². The highest BCUT2D eigenvalue weighted by molar-refractivity contribution is 7.85. The summed E-state index contributed by atoms with van der Waals surface area (Å²) in [5.41, 5.74) is 0.574. The molecule has 0 unspecified atom stereocenters. The van der Waals surface area contributed by atoms with Gasteiger partial charge in [0.2, 0.25) is 0 Å². The lowest BCUT2D eigenvalue weighted by atomic mass is 10.1. The van der Waals surface area contributed by atoms with Crippen LogP contribution in [-0.4, -0.2) is 24.7 Å². The van der Waals surface area contributed by atoms with Gasteiger partial charge in [0.1, 0.15) is 5.94 Å². The third-order valence-corrected chi connectivity index (χ3v) is 2.18. The van der Waals surface area contributed by atoms with Gasteiger partial charge in [-0.2, -0.15) is 8.42 Å². The summed E-state index contributed by atoms with van der Waals surface area (Å²) in [5.74, 6) is 1.48. The second-order valence-corrected chi connectivity index (χ2v) is 4.20. The average Bonchev–Trinajstić information content (AvgIpc) is 1.96. The maximum atomic E-state index is 10.2. The number of rotatable bonds is 5. The monoisotopic (exact) mass is 192 g/mol. The van der Waals surface area contributed by atoms with E-state index in [1.165, 1.54) is 0 Å². The fourth-order valence-corrected chi connectivity index (χ4v) is 1.29. The van der Waals surface area contributed by atoms with E-state index in [2.05, 4.69) is 0 Å². The van der Waals surface area contributed by atoms with Crippen molar-refractivity contribution in [3.05, 3.63) is 5.57 Å². The van der Waals surface area contributed by atoms with E-state index < -0.39 is 10.1 Å². The van der Waals surface area contributed by atoms with E-state index in [0.29, 0.717) is 24.8 Å². The largest absolute Gasteiger partial charge is 0.286 e. The van der Waals surface area contributed by atoms with E-state index in [4.69, 9.17) is 4.55 Å². The minimum absolute atomic E-state index is 0.237. The molecule has 0 spiro atoms. The van der Waals surface area contributed by atoms with Crippen LogP contribution in [0.5, 0.6) is 0 Å². The molecule has 0 aromatic carbocycles. The van der Waals surface area contributed by atoms with E-state index >= 15 is 0 Å². The number of unbranched alkanes of at least 4 members (excludes halogenated alkanes) is 1. The maximum absolute atomic E-state index is 10.2. The topological polar surface area (TPSA) is 71.4 Å². The van der Waals surface area contributed by atoms with Gasteiger partial charge >= 0.3 is 0 Å². The number of allylic oxidation sites excluding steroid dienone is 1. The third kappa shape index (κ3) is 7.47. The van der Waals surface area contributed by atoms with E-state index in [1.807, 2.05) is 0 Å². The van der Waals surface area contributed by atoms with Gasteiger partial charge in [0, 0.05) is 5.57 Å². The molecule has 0 heterocycles. The molecule has 0 aliphatic rings. The SMILES string of the molecule is CC(=C=O)CCCCS(=O)(=O)O. The molecule has 0 saturated carbocycles. The van der Waals surface area contributed by atoms with Gasteiger partial charge in [0.05, 0.1) is 5.75 Å². The van der Waals surface area contributed by atoms with Gasteiger partial charge in [-0.3, -0.25) is 4.55 Å². The molecule has 1 N–H and O–H groups in total. The highest BCUT2D eigenvalue weighted by atomic mass is 32.2. The molecule has 0 aromatic heterocycles. The fourth-order valence-electron chi connectivity index (χ4n) is 0.726. The summed E-state index contributed by atoms with van der Waals surface area (Å²) in [4.78, 5) is 9.97. The van der Waals surface area contributed by atoms with Gasteiger partial charge in [0.25, 0.3) is 10.1 Å². The smallest absolute Gasteiger partial charge is 0.264 e. The Morgan fingerprint density at radius 2 is 2.00 bits per heavy atom. The van der Waals surface area contributed by atoms with Crippen molar-refractivity contribution in [1.82, 2.24) is 0 Å². The van der Waals surface area contributed by atoms with Crippen LogP contribution in [0, 0.1) is 0 Å². The third-order valence-electron chi connectivity index (χ3n) is 1.38. The predicted octanol–water partition coefficient (Wildman–Crippen LogP) is 0.822. The number of hydrogen-bond donors (Lipinski definition) is 1. The zero-order valence-corrected chi connectivity index (χ0v) is 7.73. The Kier molecular flexibility index (Phi) is 4.81. The summed E-state index contributed by atoms with van der Waals surface area (Å²) < 4.78 is 28.8. The Hall–Kier alpha value is -0.640. The van der Waals surface area contributed by atoms with Gasteiger partial charge in [-0.1, -0.05) is 0 Å². The highest BCUT2D eigenvalue weighted by Crippen LogP contribution is 2.03. The second-order valence-electron chi connectivity index (χ2n) is 2.63. The van der Waals surface area contributed by atoms with Crippen LogP contribution in [0.2, 0.25) is 0 Å². The Balaban J connectivity index is 3.54. The molecule has 0 rings (SSSR count). The summed E-state index contributed by atoms with van der Waals surface area (Å²) in [7, 11) is -3.84. The van der Waals surface area contributed by atoms with Gasteiger partial charge in [-0.15, -0.1) is 0 Å². The molecule has 0 fully saturated rings. The van der Waals surface area contributed by atoms with Crippen LogP contribution in [0.4, 0.5) is 0 Å². The lowest BCUT2D eigenvalue weighted by Crippen LogP contribution is -2.03. The fraction of sp³-hybridized carbons (Fsp3) is 0.714. The van der Waals surface area contributed by atoms with Crippen molar-refractivity contribution < 1.29 is 17.8 Å². The van der Waals surface area contributed by atoms with Crippen molar-refractivity contribution in [3.8, 4) is 0 Å². The van der Waals surface area contributed by atoms with Crippen LogP contribution in [0.1, 0.15) is 26.2 Å². The first kappa shape index (κ1) is 11.4. The van der Waals surface area contributed by atoms with Crippen LogP contribution in [0.25, 0.3) is 0 Å². The molecule has 0 saturated heterocycles. The van der Waals surface area contributed by atoms with Crippen molar-refractivity contribution in [2.24, 2.45) is 0 Å². The van der Waals surface area contributed by atoms with Crippen LogP contribution in [-0.2, 0) is 14.9 Å². The zero-order valence-electron chi connectivity index (χ0n) is 6.91. The summed E-state index contributed by atoms with van der Waals surface area (Å²) in [6, 6.07) is 0. The summed E-state index contributed by atoms with van der Waals surface area (Å²) in [6.07, 6.45) is 1.50. The molecular weight excluding hydrogens is 180 g/mol. The number of hydrogen-bond acceptors (Lipinski definition) is 3. The Labute approximate surface area is 72.0 Å². The van der Waals surface area contributed by atoms with Crippen LogP contribution in [0.15, 0.2) is 5.57 Å². The van der Waals surface area contributed by atoms with Crippen LogP contribution >= 0.6 is 0 Å². The average molecular weight is 192 g/mol. The lowest BCUT2D eigenvalue weighted by Gasteiger charge is -1.96. The van der Waals surface area contributed by atoms with Gasteiger partial charge in [-0.25, -0.2) is 4.79 Å². The first-order valence-corrected chi connectivity index (χ1v) is 5.22. The van der Waals surface area contributed by atoms with E-state index in [9.17, 15) is 13.2 Å².